The first-order valence-corrected chi connectivity index (χ1v) is 5.01. The first kappa shape index (κ1) is 10.6. The highest BCUT2D eigenvalue weighted by atomic mass is 16.5. The predicted molar refractivity (Wildman–Crippen MR) is 61.9 cm³/mol. The van der Waals surface area contributed by atoms with Crippen LogP contribution in [0.3, 0.4) is 0 Å². The van der Waals surface area contributed by atoms with E-state index in [1.165, 1.54) is 5.56 Å². The van der Waals surface area contributed by atoms with Crippen molar-refractivity contribution in [2.24, 2.45) is 5.73 Å². The molecule has 16 heavy (non-hydrogen) atoms. The highest BCUT2D eigenvalue weighted by Crippen LogP contribution is 2.16. The highest BCUT2D eigenvalue weighted by Gasteiger charge is 2.00. The Balaban J connectivity index is 2.24. The molecule has 0 aliphatic heterocycles. The quantitative estimate of drug-likeness (QED) is 0.792. The normalized spacial score (nSPS) is 10.1. The lowest BCUT2D eigenvalue weighted by Gasteiger charge is -2.03. The highest BCUT2D eigenvalue weighted by molar-refractivity contribution is 5.55. The summed E-state index contributed by atoms with van der Waals surface area (Å²) in [5, 5.41) is 0. The molecule has 1 heterocycles. The third-order valence-electron chi connectivity index (χ3n) is 2.19. The molecule has 0 aliphatic carbocycles. The Morgan fingerprint density at radius 2 is 1.75 bits per heavy atom. The fraction of sp³-hybridized carbons (Fsp3) is 0.167. The molecule has 0 saturated heterocycles. The Bertz CT molecular complexity index is 451. The van der Waals surface area contributed by atoms with Gasteiger partial charge in [0.05, 0.1) is 12.4 Å². The third-order valence-corrected chi connectivity index (χ3v) is 2.19. The summed E-state index contributed by atoms with van der Waals surface area (Å²) in [7, 11) is 0. The van der Waals surface area contributed by atoms with Crippen LogP contribution in [0.15, 0.2) is 36.7 Å². The van der Waals surface area contributed by atoms with Gasteiger partial charge in [0, 0.05) is 5.56 Å². The molecule has 0 bridgehead atoms. The molecule has 82 valence electrons. The van der Waals surface area contributed by atoms with Crippen LogP contribution in [0.4, 0.5) is 0 Å². The van der Waals surface area contributed by atoms with Crippen molar-refractivity contribution in [1.29, 1.82) is 0 Å². The molecule has 2 N–H and O–H groups in total. The minimum atomic E-state index is 0.132. The molecule has 0 radical (unpaired) electrons. The summed E-state index contributed by atoms with van der Waals surface area (Å²) in [5.74, 6) is 1.27. The van der Waals surface area contributed by atoms with Crippen molar-refractivity contribution >= 4 is 0 Å². The second-order valence-corrected chi connectivity index (χ2v) is 3.42. The maximum absolute atomic E-state index is 5.25. The minimum absolute atomic E-state index is 0.132. The van der Waals surface area contributed by atoms with Crippen LogP contribution in [0.25, 0.3) is 11.4 Å². The molecular weight excluding hydrogens is 202 g/mol. The van der Waals surface area contributed by atoms with E-state index in [-0.39, 0.29) is 6.73 Å². The summed E-state index contributed by atoms with van der Waals surface area (Å²) in [6.45, 7) is 2.18. The molecule has 0 saturated carbocycles. The van der Waals surface area contributed by atoms with Gasteiger partial charge in [-0.25, -0.2) is 9.97 Å². The summed E-state index contributed by atoms with van der Waals surface area (Å²) < 4.78 is 5.07. The summed E-state index contributed by atoms with van der Waals surface area (Å²) >= 11 is 0. The number of rotatable bonds is 3. The number of ether oxygens (including phenoxy) is 1. The fourth-order valence-electron chi connectivity index (χ4n) is 1.34. The van der Waals surface area contributed by atoms with Crippen molar-refractivity contribution < 1.29 is 4.74 Å². The molecule has 0 aliphatic rings. The lowest BCUT2D eigenvalue weighted by Crippen LogP contribution is -2.07. The monoisotopic (exact) mass is 215 g/mol. The largest absolute Gasteiger partial charge is 0.475 e. The minimum Gasteiger partial charge on any atom is -0.475 e. The zero-order valence-corrected chi connectivity index (χ0v) is 9.05. The lowest BCUT2D eigenvalue weighted by molar-refractivity contribution is 0.327. The number of nitrogens with two attached hydrogens (primary N) is 1. The van der Waals surface area contributed by atoms with Gasteiger partial charge in [0.1, 0.15) is 6.73 Å². The summed E-state index contributed by atoms with van der Waals surface area (Å²) in [6, 6.07) is 8.05. The molecule has 4 nitrogen and oxygen atoms in total. The predicted octanol–water partition coefficient (Wildman–Crippen LogP) is 1.75. The molecule has 1 aromatic carbocycles. The Labute approximate surface area is 94.1 Å². The maximum atomic E-state index is 5.25. The van der Waals surface area contributed by atoms with Gasteiger partial charge < -0.3 is 4.74 Å². The van der Waals surface area contributed by atoms with Gasteiger partial charge in [-0.2, -0.15) is 0 Å². The average Bonchev–Trinajstić information content (AvgIpc) is 2.32. The molecule has 2 rings (SSSR count). The van der Waals surface area contributed by atoms with E-state index in [4.69, 9.17) is 10.5 Å². The Morgan fingerprint density at radius 1 is 1.12 bits per heavy atom. The molecule has 0 amide bonds. The van der Waals surface area contributed by atoms with Crippen molar-refractivity contribution in [1.82, 2.24) is 9.97 Å². The maximum Gasteiger partial charge on any atom is 0.159 e. The van der Waals surface area contributed by atoms with E-state index in [9.17, 15) is 0 Å². The summed E-state index contributed by atoms with van der Waals surface area (Å²) in [4.78, 5) is 8.41. The molecule has 4 heteroatoms. The number of aryl methyl sites for hydroxylation is 1. The molecule has 0 atom stereocenters. The van der Waals surface area contributed by atoms with Crippen molar-refractivity contribution in [2.75, 3.05) is 6.73 Å². The van der Waals surface area contributed by atoms with Crippen LogP contribution >= 0.6 is 0 Å². The molecular formula is C12H13N3O. The van der Waals surface area contributed by atoms with Gasteiger partial charge in [0.25, 0.3) is 0 Å². The van der Waals surface area contributed by atoms with E-state index in [1.807, 2.05) is 31.2 Å². The average molecular weight is 215 g/mol. The first-order chi connectivity index (χ1) is 7.79. The number of nitrogens with zero attached hydrogens (tertiary/aromatic N) is 2. The van der Waals surface area contributed by atoms with Crippen molar-refractivity contribution in [3.8, 4) is 17.1 Å². The van der Waals surface area contributed by atoms with E-state index >= 15 is 0 Å². The molecule has 0 spiro atoms. The van der Waals surface area contributed by atoms with Gasteiger partial charge in [-0.1, -0.05) is 29.8 Å². The van der Waals surface area contributed by atoms with E-state index < -0.39 is 0 Å². The topological polar surface area (TPSA) is 61.0 Å². The summed E-state index contributed by atoms with van der Waals surface area (Å²) in [5.41, 5.74) is 7.45. The number of benzene rings is 1. The number of hydrogen-bond donors (Lipinski definition) is 1. The summed E-state index contributed by atoms with van der Waals surface area (Å²) in [6.07, 6.45) is 3.24. The molecule has 1 aromatic heterocycles. The number of hydrogen-bond acceptors (Lipinski definition) is 4. The van der Waals surface area contributed by atoms with Crippen LogP contribution in [0.2, 0.25) is 0 Å². The van der Waals surface area contributed by atoms with Crippen LogP contribution in [0, 0.1) is 6.92 Å². The second-order valence-electron chi connectivity index (χ2n) is 3.42. The molecule has 2 aromatic rings. The fourth-order valence-corrected chi connectivity index (χ4v) is 1.34. The van der Waals surface area contributed by atoms with Gasteiger partial charge in [-0.3, -0.25) is 5.73 Å². The smallest absolute Gasteiger partial charge is 0.159 e. The molecule has 0 fully saturated rings. The van der Waals surface area contributed by atoms with E-state index in [2.05, 4.69) is 9.97 Å². The zero-order valence-electron chi connectivity index (χ0n) is 9.05. The van der Waals surface area contributed by atoms with E-state index in [0.29, 0.717) is 11.6 Å². The van der Waals surface area contributed by atoms with Gasteiger partial charge >= 0.3 is 0 Å². The second kappa shape index (κ2) is 4.72. The van der Waals surface area contributed by atoms with Crippen LogP contribution in [-0.2, 0) is 0 Å². The lowest BCUT2D eigenvalue weighted by atomic mass is 10.1. The van der Waals surface area contributed by atoms with Gasteiger partial charge in [-0.15, -0.1) is 0 Å². The SMILES string of the molecule is Cc1ccc(-c2ncc(OCN)cn2)cc1. The van der Waals surface area contributed by atoms with E-state index in [0.717, 1.165) is 5.56 Å². The third kappa shape index (κ3) is 2.35. The van der Waals surface area contributed by atoms with E-state index in [1.54, 1.807) is 12.4 Å². The zero-order chi connectivity index (χ0) is 11.4. The van der Waals surface area contributed by atoms with Crippen LogP contribution in [-0.4, -0.2) is 16.7 Å². The van der Waals surface area contributed by atoms with Gasteiger partial charge in [0.15, 0.2) is 11.6 Å². The van der Waals surface area contributed by atoms with Gasteiger partial charge in [-0.05, 0) is 6.92 Å². The van der Waals surface area contributed by atoms with Crippen molar-refractivity contribution in [3.05, 3.63) is 42.2 Å². The van der Waals surface area contributed by atoms with Crippen LogP contribution < -0.4 is 10.5 Å². The standard InChI is InChI=1S/C12H13N3O/c1-9-2-4-10(5-3-9)12-14-6-11(7-15-12)16-8-13/h2-7H,8,13H2,1H3. The Kier molecular flexibility index (Phi) is 3.12. The van der Waals surface area contributed by atoms with Crippen LogP contribution in [0.1, 0.15) is 5.56 Å². The molecule has 0 unspecified atom stereocenters. The van der Waals surface area contributed by atoms with Gasteiger partial charge in [0.2, 0.25) is 0 Å². The number of aromatic nitrogens is 2. The Hall–Kier alpha value is -1.94. The Morgan fingerprint density at radius 3 is 2.31 bits per heavy atom. The van der Waals surface area contributed by atoms with Crippen LogP contribution in [0.5, 0.6) is 5.75 Å². The first-order valence-electron chi connectivity index (χ1n) is 5.01. The van der Waals surface area contributed by atoms with Crippen molar-refractivity contribution in [2.45, 2.75) is 6.92 Å². The van der Waals surface area contributed by atoms with Crippen molar-refractivity contribution in [3.63, 3.8) is 0 Å².